The molecular weight excluding hydrogens is 253 g/mol. The number of nitrogens with one attached hydrogen (secondary N) is 1. The van der Waals surface area contributed by atoms with E-state index in [9.17, 15) is 13.2 Å². The van der Waals surface area contributed by atoms with Gasteiger partial charge in [0, 0.05) is 24.5 Å². The van der Waals surface area contributed by atoms with Crippen LogP contribution in [0.4, 0.5) is 13.2 Å². The molecule has 1 aromatic rings. The summed E-state index contributed by atoms with van der Waals surface area (Å²) >= 11 is 0. The standard InChI is InChI=1S/C14H19F3N2/c1-10(11-6-8-18-9-7-11)19-13-5-3-2-4-12(13)14(15,16)17/h6-10,12-13,19H,2-5H2,1H3. The van der Waals surface area contributed by atoms with Crippen LogP contribution in [0.15, 0.2) is 24.5 Å². The van der Waals surface area contributed by atoms with Crippen molar-refractivity contribution in [1.29, 1.82) is 0 Å². The van der Waals surface area contributed by atoms with Gasteiger partial charge in [-0.25, -0.2) is 0 Å². The van der Waals surface area contributed by atoms with Gasteiger partial charge in [0.2, 0.25) is 0 Å². The Morgan fingerprint density at radius 2 is 1.84 bits per heavy atom. The summed E-state index contributed by atoms with van der Waals surface area (Å²) in [7, 11) is 0. The molecule has 0 aliphatic heterocycles. The van der Waals surface area contributed by atoms with Crippen molar-refractivity contribution in [2.45, 2.75) is 50.9 Å². The Morgan fingerprint density at radius 1 is 1.21 bits per heavy atom. The van der Waals surface area contributed by atoms with Crippen LogP contribution < -0.4 is 5.32 Å². The van der Waals surface area contributed by atoms with Crippen molar-refractivity contribution in [1.82, 2.24) is 10.3 Å². The molecule has 1 heterocycles. The molecule has 0 radical (unpaired) electrons. The van der Waals surface area contributed by atoms with Gasteiger partial charge in [0.05, 0.1) is 5.92 Å². The number of alkyl halides is 3. The quantitative estimate of drug-likeness (QED) is 0.904. The molecule has 3 unspecified atom stereocenters. The molecule has 5 heteroatoms. The average Bonchev–Trinajstić information content (AvgIpc) is 2.39. The highest BCUT2D eigenvalue weighted by Crippen LogP contribution is 2.38. The van der Waals surface area contributed by atoms with Crippen LogP contribution in [0.2, 0.25) is 0 Å². The minimum Gasteiger partial charge on any atom is -0.307 e. The average molecular weight is 272 g/mol. The summed E-state index contributed by atoms with van der Waals surface area (Å²) in [6.07, 6.45) is 1.60. The molecule has 1 aromatic heterocycles. The summed E-state index contributed by atoms with van der Waals surface area (Å²) in [5.41, 5.74) is 0.974. The Morgan fingerprint density at radius 3 is 2.47 bits per heavy atom. The second-order valence-corrected chi connectivity index (χ2v) is 5.21. The van der Waals surface area contributed by atoms with Gasteiger partial charge < -0.3 is 5.32 Å². The first kappa shape index (κ1) is 14.3. The predicted molar refractivity (Wildman–Crippen MR) is 67.6 cm³/mol. The lowest BCUT2D eigenvalue weighted by atomic mass is 9.83. The zero-order valence-corrected chi connectivity index (χ0v) is 11.0. The monoisotopic (exact) mass is 272 g/mol. The van der Waals surface area contributed by atoms with Crippen LogP contribution in [0.3, 0.4) is 0 Å². The molecule has 1 saturated carbocycles. The molecule has 0 amide bonds. The molecule has 0 aromatic carbocycles. The Balaban J connectivity index is 2.04. The van der Waals surface area contributed by atoms with Gasteiger partial charge >= 0.3 is 6.18 Å². The summed E-state index contributed by atoms with van der Waals surface area (Å²) in [4.78, 5) is 3.92. The first-order valence-corrected chi connectivity index (χ1v) is 6.71. The molecule has 3 atom stereocenters. The van der Waals surface area contributed by atoms with Crippen LogP contribution in [-0.2, 0) is 0 Å². The molecule has 2 rings (SSSR count). The molecule has 1 N–H and O–H groups in total. The minimum atomic E-state index is -4.10. The normalized spacial score (nSPS) is 26.1. The highest BCUT2D eigenvalue weighted by molar-refractivity contribution is 5.14. The van der Waals surface area contributed by atoms with Crippen molar-refractivity contribution < 1.29 is 13.2 Å². The summed E-state index contributed by atoms with van der Waals surface area (Å²) < 4.78 is 39.0. The fourth-order valence-electron chi connectivity index (χ4n) is 2.79. The Bertz CT molecular complexity index is 391. The number of pyridine rings is 1. The molecular formula is C14H19F3N2. The van der Waals surface area contributed by atoms with E-state index in [1.807, 2.05) is 19.1 Å². The van der Waals surface area contributed by atoms with Crippen molar-refractivity contribution in [3.05, 3.63) is 30.1 Å². The Kier molecular flexibility index (Phi) is 4.45. The third kappa shape index (κ3) is 3.69. The summed E-state index contributed by atoms with van der Waals surface area (Å²) in [6, 6.07) is 3.11. The van der Waals surface area contributed by atoms with Gasteiger partial charge in [-0.05, 0) is 37.5 Å². The van der Waals surface area contributed by atoms with Crippen LogP contribution in [0, 0.1) is 5.92 Å². The minimum absolute atomic E-state index is 0.0871. The van der Waals surface area contributed by atoms with E-state index >= 15 is 0 Å². The van der Waals surface area contributed by atoms with Crippen molar-refractivity contribution in [2.24, 2.45) is 5.92 Å². The van der Waals surface area contributed by atoms with Crippen molar-refractivity contribution in [3.63, 3.8) is 0 Å². The fourth-order valence-corrected chi connectivity index (χ4v) is 2.79. The van der Waals surface area contributed by atoms with Crippen molar-refractivity contribution >= 4 is 0 Å². The Hall–Kier alpha value is -1.10. The molecule has 106 valence electrons. The van der Waals surface area contributed by atoms with Gasteiger partial charge in [-0.3, -0.25) is 4.98 Å². The van der Waals surface area contributed by atoms with Crippen LogP contribution in [-0.4, -0.2) is 17.2 Å². The zero-order valence-electron chi connectivity index (χ0n) is 11.0. The topological polar surface area (TPSA) is 24.9 Å². The number of hydrogen-bond acceptors (Lipinski definition) is 2. The second-order valence-electron chi connectivity index (χ2n) is 5.21. The molecule has 0 bridgehead atoms. The Labute approximate surface area is 111 Å². The van der Waals surface area contributed by atoms with E-state index in [2.05, 4.69) is 10.3 Å². The second kappa shape index (κ2) is 5.90. The zero-order chi connectivity index (χ0) is 13.9. The van der Waals surface area contributed by atoms with Gasteiger partial charge in [-0.1, -0.05) is 12.8 Å². The van der Waals surface area contributed by atoms with E-state index in [0.717, 1.165) is 12.0 Å². The summed E-state index contributed by atoms with van der Waals surface area (Å²) in [5.74, 6) is -1.22. The van der Waals surface area contributed by atoms with Crippen LogP contribution in [0.5, 0.6) is 0 Å². The first-order chi connectivity index (χ1) is 8.98. The lowest BCUT2D eigenvalue weighted by Gasteiger charge is -2.35. The molecule has 19 heavy (non-hydrogen) atoms. The maximum absolute atomic E-state index is 13.0. The largest absolute Gasteiger partial charge is 0.393 e. The van der Waals surface area contributed by atoms with Gasteiger partial charge in [-0.2, -0.15) is 13.2 Å². The maximum atomic E-state index is 13.0. The molecule has 2 nitrogen and oxygen atoms in total. The number of aromatic nitrogens is 1. The lowest BCUT2D eigenvalue weighted by molar-refractivity contribution is -0.189. The van der Waals surface area contributed by atoms with Crippen molar-refractivity contribution in [2.75, 3.05) is 0 Å². The van der Waals surface area contributed by atoms with Gasteiger partial charge in [0.25, 0.3) is 0 Å². The van der Waals surface area contributed by atoms with Gasteiger partial charge in [0.15, 0.2) is 0 Å². The van der Waals surface area contributed by atoms with E-state index < -0.39 is 18.1 Å². The van der Waals surface area contributed by atoms with E-state index in [-0.39, 0.29) is 12.5 Å². The molecule has 1 fully saturated rings. The number of rotatable bonds is 3. The molecule has 0 saturated heterocycles. The van der Waals surface area contributed by atoms with E-state index in [4.69, 9.17) is 0 Å². The smallest absolute Gasteiger partial charge is 0.307 e. The van der Waals surface area contributed by atoms with Gasteiger partial charge in [-0.15, -0.1) is 0 Å². The van der Waals surface area contributed by atoms with Crippen molar-refractivity contribution in [3.8, 4) is 0 Å². The summed E-state index contributed by atoms with van der Waals surface area (Å²) in [6.45, 7) is 1.90. The van der Waals surface area contributed by atoms with E-state index in [0.29, 0.717) is 12.8 Å². The highest BCUT2D eigenvalue weighted by Gasteiger charge is 2.45. The molecule has 0 spiro atoms. The summed E-state index contributed by atoms with van der Waals surface area (Å²) in [5, 5.41) is 3.14. The third-order valence-corrected chi connectivity index (χ3v) is 3.86. The van der Waals surface area contributed by atoms with Crippen LogP contribution in [0.1, 0.15) is 44.2 Å². The SMILES string of the molecule is CC(NC1CCCCC1C(F)(F)F)c1ccncc1. The number of halogens is 3. The fraction of sp³-hybridized carbons (Fsp3) is 0.643. The molecule has 1 aliphatic rings. The van der Waals surface area contributed by atoms with Gasteiger partial charge in [0.1, 0.15) is 0 Å². The highest BCUT2D eigenvalue weighted by atomic mass is 19.4. The van der Waals surface area contributed by atoms with Crippen LogP contribution in [0.25, 0.3) is 0 Å². The third-order valence-electron chi connectivity index (χ3n) is 3.86. The molecule has 1 aliphatic carbocycles. The number of nitrogens with zero attached hydrogens (tertiary/aromatic N) is 1. The lowest BCUT2D eigenvalue weighted by Crippen LogP contribution is -2.46. The predicted octanol–water partition coefficient (Wildman–Crippen LogP) is 3.85. The van der Waals surface area contributed by atoms with E-state index in [1.54, 1.807) is 12.4 Å². The maximum Gasteiger partial charge on any atom is 0.393 e. The van der Waals surface area contributed by atoms with E-state index in [1.165, 1.54) is 0 Å². The number of hydrogen-bond donors (Lipinski definition) is 1. The first-order valence-electron chi connectivity index (χ1n) is 6.71. The van der Waals surface area contributed by atoms with Crippen LogP contribution >= 0.6 is 0 Å².